The molecule has 3 aromatic rings. The Labute approximate surface area is 102 Å². The highest BCUT2D eigenvalue weighted by atomic mass is 16.3. The molecule has 0 aliphatic carbocycles. The molecule has 4 nitrogen and oxygen atoms in total. The fourth-order valence-corrected chi connectivity index (χ4v) is 1.84. The topological polar surface area (TPSA) is 63.1 Å². The molecule has 0 spiro atoms. The largest absolute Gasteiger partial charge is 0.456 e. The fourth-order valence-electron chi connectivity index (χ4n) is 1.84. The van der Waals surface area contributed by atoms with E-state index in [4.69, 9.17) is 4.42 Å². The molecule has 0 amide bonds. The number of pyridine rings is 1. The zero-order valence-corrected chi connectivity index (χ0v) is 9.34. The average Bonchev–Trinajstić information content (AvgIpc) is 2.39. The maximum atomic E-state index is 11.9. The molecule has 0 bridgehead atoms. The first-order valence-electron chi connectivity index (χ1n) is 5.46. The molecule has 0 aliphatic rings. The molecule has 18 heavy (non-hydrogen) atoms. The first-order chi connectivity index (χ1) is 8.74. The normalized spacial score (nSPS) is 10.7. The first kappa shape index (κ1) is 10.5. The van der Waals surface area contributed by atoms with Gasteiger partial charge in [0.15, 0.2) is 5.43 Å². The Bertz CT molecular complexity index is 830. The van der Waals surface area contributed by atoms with Crippen LogP contribution in [0.4, 0.5) is 0 Å². The number of hydrogen-bond acceptors (Lipinski definition) is 3. The summed E-state index contributed by atoms with van der Waals surface area (Å²) >= 11 is 0. The fraction of sp³-hybridized carbons (Fsp3) is 0. The predicted octanol–water partition coefficient (Wildman–Crippen LogP) is 2.15. The maximum absolute atomic E-state index is 11.9. The Balaban J connectivity index is 2.31. The van der Waals surface area contributed by atoms with Crippen LogP contribution < -0.4 is 11.0 Å². The van der Waals surface area contributed by atoms with Crippen molar-refractivity contribution in [3.05, 3.63) is 69.2 Å². The minimum absolute atomic E-state index is 0.118. The average molecular weight is 239 g/mol. The number of benzene rings is 1. The SMILES string of the molecule is O=c1cc(-c2cc(=O)c3ccccc3o2)cc[nH]1. The Morgan fingerprint density at radius 1 is 1.00 bits per heavy atom. The van der Waals surface area contributed by atoms with E-state index in [0.717, 1.165) is 0 Å². The van der Waals surface area contributed by atoms with Gasteiger partial charge in [0.25, 0.3) is 0 Å². The molecule has 1 N–H and O–H groups in total. The van der Waals surface area contributed by atoms with Crippen LogP contribution in [-0.4, -0.2) is 4.98 Å². The lowest BCUT2D eigenvalue weighted by Crippen LogP contribution is -2.04. The van der Waals surface area contributed by atoms with Crippen LogP contribution >= 0.6 is 0 Å². The molecule has 2 aromatic heterocycles. The first-order valence-corrected chi connectivity index (χ1v) is 5.46. The van der Waals surface area contributed by atoms with Crippen LogP contribution in [0.3, 0.4) is 0 Å². The summed E-state index contributed by atoms with van der Waals surface area (Å²) in [6, 6.07) is 11.5. The van der Waals surface area contributed by atoms with Crippen LogP contribution in [-0.2, 0) is 0 Å². The van der Waals surface area contributed by atoms with Gasteiger partial charge in [-0.05, 0) is 18.2 Å². The number of rotatable bonds is 1. The van der Waals surface area contributed by atoms with Gasteiger partial charge >= 0.3 is 0 Å². The molecule has 4 heteroatoms. The number of para-hydroxylation sites is 1. The van der Waals surface area contributed by atoms with Crippen LogP contribution in [0.25, 0.3) is 22.3 Å². The summed E-state index contributed by atoms with van der Waals surface area (Å²) in [5.74, 6) is 0.393. The zero-order valence-electron chi connectivity index (χ0n) is 9.34. The smallest absolute Gasteiger partial charge is 0.248 e. The summed E-state index contributed by atoms with van der Waals surface area (Å²) in [5, 5.41) is 0.533. The van der Waals surface area contributed by atoms with E-state index < -0.39 is 0 Å². The molecular weight excluding hydrogens is 230 g/mol. The van der Waals surface area contributed by atoms with Crippen LogP contribution in [0.1, 0.15) is 0 Å². The molecule has 0 unspecified atom stereocenters. The van der Waals surface area contributed by atoms with Gasteiger partial charge in [0.2, 0.25) is 5.56 Å². The number of H-pyrrole nitrogens is 1. The third kappa shape index (κ3) is 1.73. The van der Waals surface area contributed by atoms with Gasteiger partial charge in [-0.15, -0.1) is 0 Å². The van der Waals surface area contributed by atoms with Gasteiger partial charge in [0.1, 0.15) is 11.3 Å². The van der Waals surface area contributed by atoms with Crippen LogP contribution in [0.2, 0.25) is 0 Å². The van der Waals surface area contributed by atoms with Crippen LogP contribution in [0.15, 0.2) is 62.7 Å². The monoisotopic (exact) mass is 239 g/mol. The summed E-state index contributed by atoms with van der Waals surface area (Å²) in [7, 11) is 0. The summed E-state index contributed by atoms with van der Waals surface area (Å²) < 4.78 is 5.63. The van der Waals surface area contributed by atoms with E-state index in [-0.39, 0.29) is 11.0 Å². The third-order valence-corrected chi connectivity index (χ3v) is 2.69. The quantitative estimate of drug-likeness (QED) is 0.707. The molecule has 0 fully saturated rings. The number of aromatic nitrogens is 1. The lowest BCUT2D eigenvalue weighted by atomic mass is 10.1. The van der Waals surface area contributed by atoms with Crippen molar-refractivity contribution >= 4 is 11.0 Å². The summed E-state index contributed by atoms with van der Waals surface area (Å²) in [6.07, 6.45) is 1.52. The summed E-state index contributed by atoms with van der Waals surface area (Å²) in [4.78, 5) is 25.7. The second-order valence-electron chi connectivity index (χ2n) is 3.91. The van der Waals surface area contributed by atoms with E-state index in [1.54, 1.807) is 30.3 Å². The van der Waals surface area contributed by atoms with Crippen molar-refractivity contribution in [1.82, 2.24) is 4.98 Å². The highest BCUT2D eigenvalue weighted by Gasteiger charge is 2.06. The Morgan fingerprint density at radius 3 is 2.67 bits per heavy atom. The van der Waals surface area contributed by atoms with Gasteiger partial charge in [0, 0.05) is 23.9 Å². The highest BCUT2D eigenvalue weighted by molar-refractivity contribution is 5.78. The Hall–Kier alpha value is -2.62. The minimum atomic E-state index is -0.233. The summed E-state index contributed by atoms with van der Waals surface area (Å²) in [5.41, 5.74) is 0.748. The summed E-state index contributed by atoms with van der Waals surface area (Å²) in [6.45, 7) is 0. The number of hydrogen-bond donors (Lipinski definition) is 1. The van der Waals surface area contributed by atoms with Crippen LogP contribution in [0, 0.1) is 0 Å². The number of aromatic amines is 1. The van der Waals surface area contributed by atoms with Gasteiger partial charge in [-0.25, -0.2) is 0 Å². The van der Waals surface area contributed by atoms with E-state index in [0.29, 0.717) is 22.3 Å². The Morgan fingerprint density at radius 2 is 1.83 bits per heavy atom. The molecule has 0 saturated heterocycles. The van der Waals surface area contributed by atoms with Gasteiger partial charge in [0.05, 0.1) is 5.39 Å². The highest BCUT2D eigenvalue weighted by Crippen LogP contribution is 2.20. The van der Waals surface area contributed by atoms with Crippen molar-refractivity contribution in [2.75, 3.05) is 0 Å². The van der Waals surface area contributed by atoms with Crippen molar-refractivity contribution < 1.29 is 4.42 Å². The van der Waals surface area contributed by atoms with E-state index >= 15 is 0 Å². The number of fused-ring (bicyclic) bond motifs is 1. The molecule has 3 rings (SSSR count). The molecule has 0 aliphatic heterocycles. The van der Waals surface area contributed by atoms with Crippen molar-refractivity contribution in [2.45, 2.75) is 0 Å². The van der Waals surface area contributed by atoms with Crippen LogP contribution in [0.5, 0.6) is 0 Å². The second kappa shape index (κ2) is 4.00. The van der Waals surface area contributed by atoms with E-state index in [1.807, 2.05) is 0 Å². The van der Waals surface area contributed by atoms with Crippen molar-refractivity contribution in [1.29, 1.82) is 0 Å². The van der Waals surface area contributed by atoms with Crippen molar-refractivity contribution in [3.63, 3.8) is 0 Å². The van der Waals surface area contributed by atoms with Crippen molar-refractivity contribution in [2.24, 2.45) is 0 Å². The van der Waals surface area contributed by atoms with Crippen molar-refractivity contribution in [3.8, 4) is 11.3 Å². The lowest BCUT2D eigenvalue weighted by molar-refractivity contribution is 0.618. The zero-order chi connectivity index (χ0) is 12.5. The molecular formula is C14H9NO3. The standard InChI is InChI=1S/C14H9NO3/c16-11-8-13(9-5-6-15-14(17)7-9)18-12-4-2-1-3-10(11)12/h1-8H,(H,15,17). The van der Waals surface area contributed by atoms with E-state index in [1.165, 1.54) is 18.3 Å². The molecule has 88 valence electrons. The van der Waals surface area contributed by atoms with Gasteiger partial charge < -0.3 is 9.40 Å². The molecule has 1 aromatic carbocycles. The molecule has 2 heterocycles. The minimum Gasteiger partial charge on any atom is -0.456 e. The third-order valence-electron chi connectivity index (χ3n) is 2.69. The van der Waals surface area contributed by atoms with Gasteiger partial charge in [-0.3, -0.25) is 9.59 Å². The Kier molecular flexibility index (Phi) is 2.34. The number of nitrogens with one attached hydrogen (secondary N) is 1. The van der Waals surface area contributed by atoms with E-state index in [2.05, 4.69) is 4.98 Å². The molecule has 0 radical (unpaired) electrons. The van der Waals surface area contributed by atoms with Gasteiger partial charge in [-0.1, -0.05) is 12.1 Å². The predicted molar refractivity (Wildman–Crippen MR) is 68.5 cm³/mol. The second-order valence-corrected chi connectivity index (χ2v) is 3.91. The lowest BCUT2D eigenvalue weighted by Gasteiger charge is -2.02. The van der Waals surface area contributed by atoms with Gasteiger partial charge in [-0.2, -0.15) is 0 Å². The molecule has 0 atom stereocenters. The molecule has 0 saturated carbocycles. The maximum Gasteiger partial charge on any atom is 0.248 e. The van der Waals surface area contributed by atoms with E-state index in [9.17, 15) is 9.59 Å².